The smallest absolute Gasteiger partial charge is 0.254 e. The lowest BCUT2D eigenvalue weighted by molar-refractivity contribution is 0.0735. The molecule has 0 aliphatic heterocycles. The quantitative estimate of drug-likeness (QED) is 0.838. The number of nitrogen functional groups attached to an aromatic ring is 1. The Morgan fingerprint density at radius 1 is 1.43 bits per heavy atom. The van der Waals surface area contributed by atoms with Crippen molar-refractivity contribution in [2.24, 2.45) is 5.92 Å². The van der Waals surface area contributed by atoms with Crippen LogP contribution in [-0.2, 0) is 6.42 Å². The van der Waals surface area contributed by atoms with Gasteiger partial charge in [0.1, 0.15) is 5.82 Å². The first kappa shape index (κ1) is 15.8. The lowest BCUT2D eigenvalue weighted by atomic mass is 10.1. The van der Waals surface area contributed by atoms with E-state index in [1.54, 1.807) is 6.07 Å². The second-order valence-electron chi connectivity index (χ2n) is 6.43. The van der Waals surface area contributed by atoms with Gasteiger partial charge < -0.3 is 10.6 Å². The molecular weight excluding hydrogens is 262 g/mol. The highest BCUT2D eigenvalue weighted by Crippen LogP contribution is 2.29. The molecule has 1 heterocycles. The van der Waals surface area contributed by atoms with Gasteiger partial charge in [0, 0.05) is 23.8 Å². The molecule has 1 fully saturated rings. The van der Waals surface area contributed by atoms with E-state index in [1.807, 2.05) is 11.0 Å². The Bertz CT molecular complexity index is 495. The maximum atomic E-state index is 12.8. The molecule has 0 aromatic carbocycles. The summed E-state index contributed by atoms with van der Waals surface area (Å²) in [5.74, 6) is 1.17. The zero-order valence-electron chi connectivity index (χ0n) is 13.4. The molecule has 1 saturated carbocycles. The SMILES string of the molecule is CCCc1cc(C(=O)N(CCC(C)C)C2CC2)cc(N)n1. The second-order valence-corrected chi connectivity index (χ2v) is 6.43. The number of nitrogens with two attached hydrogens (primary N) is 1. The molecule has 21 heavy (non-hydrogen) atoms. The van der Waals surface area contributed by atoms with Crippen molar-refractivity contribution < 1.29 is 4.79 Å². The van der Waals surface area contributed by atoms with Crippen LogP contribution in [0.1, 0.15) is 62.5 Å². The van der Waals surface area contributed by atoms with Gasteiger partial charge in [0.25, 0.3) is 5.91 Å². The van der Waals surface area contributed by atoms with Gasteiger partial charge in [-0.2, -0.15) is 0 Å². The third-order valence-corrected chi connectivity index (χ3v) is 3.85. The lowest BCUT2D eigenvalue weighted by Crippen LogP contribution is -2.34. The van der Waals surface area contributed by atoms with Crippen LogP contribution < -0.4 is 5.73 Å². The molecule has 2 N–H and O–H groups in total. The zero-order chi connectivity index (χ0) is 15.4. The predicted octanol–water partition coefficient (Wildman–Crippen LogP) is 3.27. The maximum absolute atomic E-state index is 12.8. The molecule has 4 nitrogen and oxygen atoms in total. The molecule has 0 bridgehead atoms. The average molecular weight is 289 g/mol. The standard InChI is InChI=1S/C17H27N3O/c1-4-5-14-10-13(11-16(18)19-14)17(21)20(15-6-7-15)9-8-12(2)3/h10-12,15H,4-9H2,1-3H3,(H2,18,19). The normalized spacial score (nSPS) is 14.5. The highest BCUT2D eigenvalue weighted by atomic mass is 16.2. The topological polar surface area (TPSA) is 59.2 Å². The number of carbonyl (C=O) groups excluding carboxylic acids is 1. The van der Waals surface area contributed by atoms with E-state index in [4.69, 9.17) is 5.73 Å². The van der Waals surface area contributed by atoms with E-state index in [0.29, 0.717) is 23.3 Å². The van der Waals surface area contributed by atoms with Crippen LogP contribution in [0.25, 0.3) is 0 Å². The summed E-state index contributed by atoms with van der Waals surface area (Å²) in [6.45, 7) is 7.33. The molecule has 0 spiro atoms. The summed E-state index contributed by atoms with van der Waals surface area (Å²) in [5.41, 5.74) is 7.47. The number of nitrogens with zero attached hydrogens (tertiary/aromatic N) is 2. The van der Waals surface area contributed by atoms with E-state index in [-0.39, 0.29) is 5.91 Å². The first-order valence-electron chi connectivity index (χ1n) is 8.08. The van der Waals surface area contributed by atoms with Gasteiger partial charge in [0.05, 0.1) is 0 Å². The van der Waals surface area contributed by atoms with Crippen LogP contribution in [-0.4, -0.2) is 28.4 Å². The fourth-order valence-corrected chi connectivity index (χ4v) is 2.52. The molecule has 1 aromatic heterocycles. The van der Waals surface area contributed by atoms with Crippen molar-refractivity contribution in [2.75, 3.05) is 12.3 Å². The van der Waals surface area contributed by atoms with Crippen molar-refractivity contribution >= 4 is 11.7 Å². The fraction of sp³-hybridized carbons (Fsp3) is 0.647. The summed E-state index contributed by atoms with van der Waals surface area (Å²) in [6.07, 6.45) is 5.17. The Morgan fingerprint density at radius 3 is 2.71 bits per heavy atom. The van der Waals surface area contributed by atoms with Gasteiger partial charge in [-0.05, 0) is 43.7 Å². The Kier molecular flexibility index (Phi) is 5.21. The van der Waals surface area contributed by atoms with Gasteiger partial charge >= 0.3 is 0 Å². The minimum Gasteiger partial charge on any atom is -0.384 e. The fourth-order valence-electron chi connectivity index (χ4n) is 2.52. The number of carbonyl (C=O) groups is 1. The number of rotatable bonds is 7. The number of pyridine rings is 1. The number of aryl methyl sites for hydroxylation is 1. The van der Waals surface area contributed by atoms with Crippen LogP contribution in [0, 0.1) is 5.92 Å². The van der Waals surface area contributed by atoms with Gasteiger partial charge in [0.2, 0.25) is 0 Å². The van der Waals surface area contributed by atoms with Gasteiger partial charge in [-0.3, -0.25) is 4.79 Å². The summed E-state index contributed by atoms with van der Waals surface area (Å²) in [7, 11) is 0. The van der Waals surface area contributed by atoms with E-state index in [0.717, 1.165) is 44.3 Å². The van der Waals surface area contributed by atoms with E-state index in [2.05, 4.69) is 25.8 Å². The minimum atomic E-state index is 0.115. The zero-order valence-corrected chi connectivity index (χ0v) is 13.4. The van der Waals surface area contributed by atoms with E-state index in [1.165, 1.54) is 0 Å². The molecular formula is C17H27N3O. The van der Waals surface area contributed by atoms with Crippen molar-refractivity contribution in [3.05, 3.63) is 23.4 Å². The van der Waals surface area contributed by atoms with Crippen molar-refractivity contribution in [1.29, 1.82) is 0 Å². The molecule has 0 saturated heterocycles. The molecule has 4 heteroatoms. The monoisotopic (exact) mass is 289 g/mol. The molecule has 0 atom stereocenters. The van der Waals surface area contributed by atoms with Gasteiger partial charge in [-0.15, -0.1) is 0 Å². The van der Waals surface area contributed by atoms with Gasteiger partial charge in [0.15, 0.2) is 0 Å². The Labute approximate surface area is 127 Å². The second kappa shape index (κ2) is 6.92. The Balaban J connectivity index is 2.15. The largest absolute Gasteiger partial charge is 0.384 e. The van der Waals surface area contributed by atoms with Crippen LogP contribution in [0.5, 0.6) is 0 Å². The molecule has 1 aromatic rings. The van der Waals surface area contributed by atoms with E-state index >= 15 is 0 Å². The number of amides is 1. The summed E-state index contributed by atoms with van der Waals surface area (Å²) in [4.78, 5) is 19.1. The van der Waals surface area contributed by atoms with Crippen LogP contribution in [0.4, 0.5) is 5.82 Å². The molecule has 1 aliphatic carbocycles. The highest BCUT2D eigenvalue weighted by Gasteiger charge is 2.33. The van der Waals surface area contributed by atoms with E-state index < -0.39 is 0 Å². The number of hydrogen-bond donors (Lipinski definition) is 1. The van der Waals surface area contributed by atoms with E-state index in [9.17, 15) is 4.79 Å². The van der Waals surface area contributed by atoms with Crippen molar-refractivity contribution in [3.63, 3.8) is 0 Å². The molecule has 0 radical (unpaired) electrons. The Morgan fingerprint density at radius 2 is 2.14 bits per heavy atom. The lowest BCUT2D eigenvalue weighted by Gasteiger charge is -2.23. The Hall–Kier alpha value is -1.58. The first-order valence-corrected chi connectivity index (χ1v) is 8.08. The number of hydrogen-bond acceptors (Lipinski definition) is 3. The highest BCUT2D eigenvalue weighted by molar-refractivity contribution is 5.95. The third kappa shape index (κ3) is 4.45. The van der Waals surface area contributed by atoms with Crippen LogP contribution in [0.15, 0.2) is 12.1 Å². The molecule has 116 valence electrons. The third-order valence-electron chi connectivity index (χ3n) is 3.85. The molecule has 0 unspecified atom stereocenters. The maximum Gasteiger partial charge on any atom is 0.254 e. The minimum absolute atomic E-state index is 0.115. The van der Waals surface area contributed by atoms with Crippen LogP contribution >= 0.6 is 0 Å². The van der Waals surface area contributed by atoms with Crippen LogP contribution in [0.2, 0.25) is 0 Å². The van der Waals surface area contributed by atoms with Crippen molar-refractivity contribution in [3.8, 4) is 0 Å². The van der Waals surface area contributed by atoms with Crippen LogP contribution in [0.3, 0.4) is 0 Å². The number of aromatic nitrogens is 1. The number of anilines is 1. The average Bonchev–Trinajstić information content (AvgIpc) is 3.22. The summed E-state index contributed by atoms with van der Waals surface area (Å²) in [6, 6.07) is 4.06. The van der Waals surface area contributed by atoms with Crippen molar-refractivity contribution in [2.45, 2.75) is 58.9 Å². The molecule has 1 amide bonds. The van der Waals surface area contributed by atoms with Gasteiger partial charge in [-0.25, -0.2) is 4.98 Å². The van der Waals surface area contributed by atoms with Gasteiger partial charge in [-0.1, -0.05) is 27.2 Å². The molecule has 1 aliphatic rings. The molecule has 2 rings (SSSR count). The van der Waals surface area contributed by atoms with Crippen molar-refractivity contribution in [1.82, 2.24) is 9.88 Å². The summed E-state index contributed by atoms with van der Waals surface area (Å²) < 4.78 is 0. The predicted molar refractivity (Wildman–Crippen MR) is 86.2 cm³/mol. The first-order chi connectivity index (χ1) is 10.0. The summed E-state index contributed by atoms with van der Waals surface area (Å²) in [5, 5.41) is 0. The summed E-state index contributed by atoms with van der Waals surface area (Å²) >= 11 is 0.